The molecule has 4 nitrogen and oxygen atoms in total. The molecule has 4 atom stereocenters. The van der Waals surface area contributed by atoms with Crippen molar-refractivity contribution >= 4 is 16.8 Å². The van der Waals surface area contributed by atoms with E-state index in [2.05, 4.69) is 48.1 Å². The van der Waals surface area contributed by atoms with E-state index in [1.54, 1.807) is 0 Å². The fraction of sp³-hybridized carbons (Fsp3) is 0.591. The first-order chi connectivity index (χ1) is 12.6. The lowest BCUT2D eigenvalue weighted by Gasteiger charge is -2.46. The van der Waals surface area contributed by atoms with Crippen LogP contribution < -0.4 is 0 Å². The lowest BCUT2D eigenvalue weighted by Crippen LogP contribution is -2.54. The second-order valence-electron chi connectivity index (χ2n) is 8.31. The minimum absolute atomic E-state index is 0.186. The first-order valence-electron chi connectivity index (χ1n) is 10.1. The van der Waals surface area contributed by atoms with Crippen molar-refractivity contribution in [3.8, 4) is 0 Å². The first kappa shape index (κ1) is 17.6. The number of aliphatic hydroxyl groups excluding tert-OH is 1. The second kappa shape index (κ2) is 7.07. The average molecular weight is 354 g/mol. The molecule has 2 aliphatic rings. The number of carbonyl (C=O) groups excluding carboxylic acids is 1. The molecule has 0 spiro atoms. The standard InChI is InChI=1S/C22H30N2O2/c1-14-6-5-8-18-22(14)17(13-23-18)15(2)12-21(26)24-11-10-20(25)16-7-3-4-9-19(16)24/h5-6,8,13,15-16,19-20,23,25H,3-4,7,9-12H2,1-2H3. The van der Waals surface area contributed by atoms with E-state index in [4.69, 9.17) is 0 Å². The largest absolute Gasteiger partial charge is 0.393 e. The Morgan fingerprint density at radius 1 is 1.31 bits per heavy atom. The van der Waals surface area contributed by atoms with Crippen LogP contribution in [0.4, 0.5) is 0 Å². The van der Waals surface area contributed by atoms with Crippen LogP contribution >= 0.6 is 0 Å². The van der Waals surface area contributed by atoms with Crippen LogP contribution in [-0.4, -0.2) is 39.6 Å². The molecule has 4 heteroatoms. The van der Waals surface area contributed by atoms with Gasteiger partial charge in [0, 0.05) is 42.0 Å². The smallest absolute Gasteiger partial charge is 0.223 e. The fourth-order valence-corrected chi connectivity index (χ4v) is 5.21. The van der Waals surface area contributed by atoms with Crippen LogP contribution in [0.3, 0.4) is 0 Å². The highest BCUT2D eigenvalue weighted by molar-refractivity contribution is 5.88. The third-order valence-corrected chi connectivity index (χ3v) is 6.62. The summed E-state index contributed by atoms with van der Waals surface area (Å²) in [7, 11) is 0. The number of rotatable bonds is 3. The first-order valence-corrected chi connectivity index (χ1v) is 10.1. The number of hydrogen-bond donors (Lipinski definition) is 2. The Balaban J connectivity index is 1.52. The van der Waals surface area contributed by atoms with E-state index >= 15 is 0 Å². The van der Waals surface area contributed by atoms with Crippen LogP contribution in [0, 0.1) is 12.8 Å². The van der Waals surface area contributed by atoms with Crippen molar-refractivity contribution < 1.29 is 9.90 Å². The number of nitrogens with zero attached hydrogens (tertiary/aromatic N) is 1. The SMILES string of the molecule is Cc1cccc2[nH]cc(C(C)CC(=O)N3CCC(O)C4CCCCC43)c12. The molecule has 0 bridgehead atoms. The summed E-state index contributed by atoms with van der Waals surface area (Å²) in [5, 5.41) is 11.6. The van der Waals surface area contributed by atoms with Gasteiger partial charge in [0.05, 0.1) is 6.10 Å². The molecule has 2 heterocycles. The minimum atomic E-state index is -0.224. The summed E-state index contributed by atoms with van der Waals surface area (Å²) in [6.07, 6.45) is 7.59. The number of piperidine rings is 1. The summed E-state index contributed by atoms with van der Waals surface area (Å²) in [5.74, 6) is 0.725. The lowest BCUT2D eigenvalue weighted by atomic mass is 9.76. The van der Waals surface area contributed by atoms with Crippen molar-refractivity contribution in [2.45, 2.75) is 70.4 Å². The van der Waals surface area contributed by atoms with Crippen LogP contribution in [0.5, 0.6) is 0 Å². The lowest BCUT2D eigenvalue weighted by molar-refractivity contribution is -0.141. The predicted octanol–water partition coefficient (Wildman–Crippen LogP) is 4.12. The topological polar surface area (TPSA) is 56.3 Å². The Hall–Kier alpha value is -1.81. The van der Waals surface area contributed by atoms with Crippen LogP contribution in [0.1, 0.15) is 62.5 Å². The number of aromatic nitrogens is 1. The molecule has 26 heavy (non-hydrogen) atoms. The van der Waals surface area contributed by atoms with E-state index in [-0.39, 0.29) is 29.9 Å². The molecule has 2 fully saturated rings. The third kappa shape index (κ3) is 3.05. The van der Waals surface area contributed by atoms with Gasteiger partial charge in [0.1, 0.15) is 0 Å². The van der Waals surface area contributed by atoms with Gasteiger partial charge in [-0.25, -0.2) is 0 Å². The molecule has 4 rings (SSSR count). The van der Waals surface area contributed by atoms with E-state index in [1.807, 2.05) is 0 Å². The molecule has 0 radical (unpaired) electrons. The Morgan fingerprint density at radius 3 is 2.96 bits per heavy atom. The van der Waals surface area contributed by atoms with E-state index in [0.29, 0.717) is 13.0 Å². The van der Waals surface area contributed by atoms with Crippen molar-refractivity contribution in [1.82, 2.24) is 9.88 Å². The molecule has 1 aromatic heterocycles. The minimum Gasteiger partial charge on any atom is -0.393 e. The number of carbonyl (C=O) groups is 1. The Kier molecular flexibility index (Phi) is 4.78. The van der Waals surface area contributed by atoms with Crippen molar-refractivity contribution in [2.75, 3.05) is 6.54 Å². The molecule has 4 unspecified atom stereocenters. The summed E-state index contributed by atoms with van der Waals surface area (Å²) < 4.78 is 0. The number of nitrogens with one attached hydrogen (secondary N) is 1. The molecule has 1 aliphatic carbocycles. The number of hydrogen-bond acceptors (Lipinski definition) is 2. The number of amides is 1. The van der Waals surface area contributed by atoms with Gasteiger partial charge in [-0.3, -0.25) is 4.79 Å². The van der Waals surface area contributed by atoms with Gasteiger partial charge in [-0.2, -0.15) is 0 Å². The van der Waals surface area contributed by atoms with Gasteiger partial charge in [-0.1, -0.05) is 31.9 Å². The van der Waals surface area contributed by atoms with Gasteiger partial charge in [0.2, 0.25) is 5.91 Å². The Bertz CT molecular complexity index is 797. The highest BCUT2D eigenvalue weighted by atomic mass is 16.3. The van der Waals surface area contributed by atoms with Crippen LogP contribution in [0.25, 0.3) is 10.9 Å². The van der Waals surface area contributed by atoms with Gasteiger partial charge in [-0.05, 0) is 49.3 Å². The maximum atomic E-state index is 13.1. The van der Waals surface area contributed by atoms with E-state index < -0.39 is 0 Å². The molecule has 140 valence electrons. The second-order valence-corrected chi connectivity index (χ2v) is 8.31. The Labute approximate surface area is 155 Å². The van der Waals surface area contributed by atoms with Crippen molar-refractivity contribution in [3.05, 3.63) is 35.5 Å². The molecule has 2 N–H and O–H groups in total. The maximum absolute atomic E-state index is 13.1. The summed E-state index contributed by atoms with van der Waals surface area (Å²) in [6.45, 7) is 5.00. The average Bonchev–Trinajstić information content (AvgIpc) is 3.08. The highest BCUT2D eigenvalue weighted by Gasteiger charge is 2.40. The summed E-state index contributed by atoms with van der Waals surface area (Å²) in [5.41, 5.74) is 3.64. The number of H-pyrrole nitrogens is 1. The zero-order valence-electron chi connectivity index (χ0n) is 15.9. The van der Waals surface area contributed by atoms with Gasteiger partial charge in [0.25, 0.3) is 0 Å². The number of benzene rings is 1. The van der Waals surface area contributed by atoms with Crippen molar-refractivity contribution in [3.63, 3.8) is 0 Å². The van der Waals surface area contributed by atoms with Gasteiger partial charge < -0.3 is 15.0 Å². The normalized spacial score (nSPS) is 27.3. The van der Waals surface area contributed by atoms with Crippen LogP contribution in [-0.2, 0) is 4.79 Å². The summed E-state index contributed by atoms with van der Waals surface area (Å²) in [6, 6.07) is 6.54. The number of fused-ring (bicyclic) bond motifs is 2. The van der Waals surface area contributed by atoms with Crippen LogP contribution in [0.2, 0.25) is 0 Å². The van der Waals surface area contributed by atoms with Gasteiger partial charge >= 0.3 is 0 Å². The molecular weight excluding hydrogens is 324 g/mol. The Morgan fingerprint density at radius 2 is 2.12 bits per heavy atom. The molecule has 1 saturated heterocycles. The number of aromatic amines is 1. The molecule has 1 aliphatic heterocycles. The van der Waals surface area contributed by atoms with E-state index in [9.17, 15) is 9.90 Å². The van der Waals surface area contributed by atoms with Crippen molar-refractivity contribution in [2.24, 2.45) is 5.92 Å². The third-order valence-electron chi connectivity index (χ3n) is 6.62. The number of aryl methyl sites for hydroxylation is 1. The maximum Gasteiger partial charge on any atom is 0.223 e. The number of likely N-dealkylation sites (tertiary alicyclic amines) is 1. The number of aliphatic hydroxyl groups is 1. The fourth-order valence-electron chi connectivity index (χ4n) is 5.21. The zero-order valence-corrected chi connectivity index (χ0v) is 15.9. The zero-order chi connectivity index (χ0) is 18.3. The molecule has 1 saturated carbocycles. The molecule has 1 aromatic carbocycles. The predicted molar refractivity (Wildman–Crippen MR) is 104 cm³/mol. The monoisotopic (exact) mass is 354 g/mol. The quantitative estimate of drug-likeness (QED) is 0.871. The van der Waals surface area contributed by atoms with Gasteiger partial charge in [-0.15, -0.1) is 0 Å². The van der Waals surface area contributed by atoms with E-state index in [0.717, 1.165) is 24.8 Å². The highest BCUT2D eigenvalue weighted by Crippen LogP contribution is 2.37. The van der Waals surface area contributed by atoms with Crippen LogP contribution in [0.15, 0.2) is 24.4 Å². The van der Waals surface area contributed by atoms with Crippen molar-refractivity contribution in [1.29, 1.82) is 0 Å². The summed E-state index contributed by atoms with van der Waals surface area (Å²) >= 11 is 0. The molecule has 2 aromatic rings. The summed E-state index contributed by atoms with van der Waals surface area (Å²) in [4.78, 5) is 18.6. The molecule has 1 amide bonds. The van der Waals surface area contributed by atoms with Gasteiger partial charge in [0.15, 0.2) is 0 Å². The molecular formula is C22H30N2O2. The van der Waals surface area contributed by atoms with E-state index in [1.165, 1.54) is 29.4 Å².